The van der Waals surface area contributed by atoms with Crippen molar-refractivity contribution in [1.82, 2.24) is 19.5 Å². The highest BCUT2D eigenvalue weighted by molar-refractivity contribution is 7.92. The number of benzene rings is 1. The Balaban J connectivity index is 1.26. The van der Waals surface area contributed by atoms with Crippen LogP contribution in [0, 0.1) is 5.92 Å². The number of imidazole rings is 1. The van der Waals surface area contributed by atoms with Gasteiger partial charge in [0.05, 0.1) is 28.6 Å². The fourth-order valence-electron chi connectivity index (χ4n) is 5.17. The maximum atomic E-state index is 12.7. The number of H-pyrrole nitrogens is 2. The van der Waals surface area contributed by atoms with Crippen molar-refractivity contribution in [2.45, 2.75) is 54.7 Å². The van der Waals surface area contributed by atoms with Gasteiger partial charge in [-0.3, -0.25) is 9.55 Å². The molecule has 1 aliphatic heterocycles. The maximum Gasteiger partial charge on any atom is 0.328 e. The highest BCUT2D eigenvalue weighted by Crippen LogP contribution is 2.38. The van der Waals surface area contributed by atoms with Crippen molar-refractivity contribution in [2.75, 3.05) is 13.2 Å². The maximum absolute atomic E-state index is 12.7. The molecule has 9 nitrogen and oxygen atoms in total. The lowest BCUT2D eigenvalue weighted by Gasteiger charge is -2.27. The molecular formula is C27H30N4O5S2. The van der Waals surface area contributed by atoms with E-state index in [1.54, 1.807) is 18.3 Å². The van der Waals surface area contributed by atoms with Crippen LogP contribution in [-0.2, 0) is 21.1 Å². The van der Waals surface area contributed by atoms with E-state index >= 15 is 0 Å². The monoisotopic (exact) mass is 554 g/mol. The number of hydrogen-bond donors (Lipinski definition) is 3. The molecule has 6 rings (SSSR count). The van der Waals surface area contributed by atoms with Gasteiger partial charge in [0.1, 0.15) is 5.01 Å². The Kier molecular flexibility index (Phi) is 6.75. The Morgan fingerprint density at radius 2 is 1.84 bits per heavy atom. The van der Waals surface area contributed by atoms with Crippen LogP contribution in [0.1, 0.15) is 54.2 Å². The van der Waals surface area contributed by atoms with Gasteiger partial charge in [-0.25, -0.2) is 18.2 Å². The molecule has 1 saturated heterocycles. The summed E-state index contributed by atoms with van der Waals surface area (Å²) in [5, 5.41) is 10.1. The molecule has 3 aromatic heterocycles. The van der Waals surface area contributed by atoms with Crippen LogP contribution >= 0.6 is 11.3 Å². The highest BCUT2D eigenvalue weighted by atomic mass is 32.2. The zero-order valence-electron chi connectivity index (χ0n) is 20.8. The number of aromatic nitrogens is 4. The zero-order chi connectivity index (χ0) is 26.3. The number of thiazole rings is 1. The van der Waals surface area contributed by atoms with Gasteiger partial charge in [-0.2, -0.15) is 0 Å². The minimum atomic E-state index is -3.22. The lowest BCUT2D eigenvalue weighted by Crippen LogP contribution is -2.19. The molecule has 2 fully saturated rings. The summed E-state index contributed by atoms with van der Waals surface area (Å²) in [5.41, 5.74) is 2.68. The van der Waals surface area contributed by atoms with Crippen molar-refractivity contribution < 1.29 is 18.3 Å². The molecule has 0 radical (unpaired) electrons. The summed E-state index contributed by atoms with van der Waals surface area (Å²) < 4.78 is 32.4. The van der Waals surface area contributed by atoms with Crippen molar-refractivity contribution >= 4 is 21.2 Å². The topological polar surface area (TPSA) is 130 Å². The van der Waals surface area contributed by atoms with E-state index in [1.165, 1.54) is 22.1 Å². The molecule has 0 spiro atoms. The van der Waals surface area contributed by atoms with E-state index in [2.05, 4.69) is 21.0 Å². The Bertz CT molecular complexity index is 1570. The first-order valence-corrected chi connectivity index (χ1v) is 15.3. The summed E-state index contributed by atoms with van der Waals surface area (Å²) in [7, 11) is -3.22. The second-order valence-corrected chi connectivity index (χ2v) is 13.5. The Labute approximate surface area is 224 Å². The highest BCUT2D eigenvalue weighted by Gasteiger charge is 2.37. The molecule has 1 saturated carbocycles. The molecule has 4 aromatic rings. The zero-order valence-corrected chi connectivity index (χ0v) is 22.4. The quantitative estimate of drug-likeness (QED) is 0.283. The fraction of sp³-hybridized carbons (Fsp3) is 0.407. The van der Waals surface area contributed by atoms with Gasteiger partial charge in [0.15, 0.2) is 9.84 Å². The third-order valence-corrected chi connectivity index (χ3v) is 10.7. The van der Waals surface area contributed by atoms with Gasteiger partial charge in [0, 0.05) is 35.9 Å². The Hall–Kier alpha value is -3.15. The average molecular weight is 555 g/mol. The van der Waals surface area contributed by atoms with Gasteiger partial charge in [0.25, 0.3) is 0 Å². The second-order valence-electron chi connectivity index (χ2n) is 10.2. The van der Waals surface area contributed by atoms with Gasteiger partial charge >= 0.3 is 5.69 Å². The fourth-order valence-corrected chi connectivity index (χ4v) is 7.72. The third kappa shape index (κ3) is 5.23. The summed E-state index contributed by atoms with van der Waals surface area (Å²) in [6.45, 7) is 1.87. The summed E-state index contributed by atoms with van der Waals surface area (Å²) in [4.78, 5) is 23.7. The molecule has 3 N–H and O–H groups in total. The van der Waals surface area contributed by atoms with Crippen molar-refractivity contribution in [3.8, 4) is 16.6 Å². The molecule has 1 atom stereocenters. The van der Waals surface area contributed by atoms with Crippen molar-refractivity contribution in [2.24, 2.45) is 5.92 Å². The molecule has 11 heteroatoms. The standard InChI is InChI=1S/C27H30N4O5S2/c32-25-16-31(27(33)30-25)15-19-14-28-26(37-19)24-8-7-23(29-24)22(13-17-9-11-36-12-10-17)18-1-3-20(4-2-18)38(34,35)21-5-6-21/h1-4,7-8,14,16-17,21-22,29,32H,5-6,9-13,15H2,(H,30,33). The summed E-state index contributed by atoms with van der Waals surface area (Å²) >= 11 is 1.49. The minimum Gasteiger partial charge on any atom is -0.493 e. The Morgan fingerprint density at radius 3 is 2.53 bits per heavy atom. The Morgan fingerprint density at radius 1 is 1.08 bits per heavy atom. The predicted octanol–water partition coefficient (Wildman–Crippen LogP) is 4.27. The normalized spacial score (nSPS) is 17.6. The van der Waals surface area contributed by atoms with E-state index in [0.717, 1.165) is 72.2 Å². The summed E-state index contributed by atoms with van der Waals surface area (Å²) in [6, 6.07) is 11.6. The first-order chi connectivity index (χ1) is 18.4. The van der Waals surface area contributed by atoms with Crippen LogP contribution in [0.25, 0.3) is 10.7 Å². The molecule has 1 unspecified atom stereocenters. The van der Waals surface area contributed by atoms with Gasteiger partial charge in [-0.1, -0.05) is 12.1 Å². The minimum absolute atomic E-state index is 0.0883. The van der Waals surface area contributed by atoms with Crippen molar-refractivity contribution in [1.29, 1.82) is 0 Å². The molecule has 200 valence electrons. The number of rotatable bonds is 9. The van der Waals surface area contributed by atoms with Crippen LogP contribution in [0.4, 0.5) is 0 Å². The number of aromatic amines is 2. The number of ether oxygens (including phenoxy) is 1. The van der Waals surface area contributed by atoms with Crippen molar-refractivity contribution in [3.63, 3.8) is 0 Å². The largest absolute Gasteiger partial charge is 0.493 e. The number of nitrogens with one attached hydrogen (secondary N) is 2. The smallest absolute Gasteiger partial charge is 0.328 e. The molecule has 1 aliphatic carbocycles. The van der Waals surface area contributed by atoms with Gasteiger partial charge in [-0.05, 0) is 67.9 Å². The summed E-state index contributed by atoms with van der Waals surface area (Å²) in [6.07, 6.45) is 7.60. The molecule has 4 heterocycles. The van der Waals surface area contributed by atoms with Crippen LogP contribution in [-0.4, -0.2) is 51.5 Å². The van der Waals surface area contributed by atoms with Crippen LogP contribution < -0.4 is 5.69 Å². The van der Waals surface area contributed by atoms with Gasteiger partial charge in [-0.15, -0.1) is 11.3 Å². The lowest BCUT2D eigenvalue weighted by atomic mass is 9.83. The van der Waals surface area contributed by atoms with E-state index in [1.807, 2.05) is 18.2 Å². The van der Waals surface area contributed by atoms with Crippen LogP contribution in [0.2, 0.25) is 0 Å². The van der Waals surface area contributed by atoms with Crippen LogP contribution in [0.15, 0.2) is 58.5 Å². The number of sulfone groups is 1. The third-order valence-electron chi connectivity index (χ3n) is 7.45. The summed E-state index contributed by atoms with van der Waals surface area (Å²) in [5.74, 6) is 0.450. The first-order valence-electron chi connectivity index (χ1n) is 12.9. The average Bonchev–Trinajstić information content (AvgIpc) is 3.36. The predicted molar refractivity (Wildman–Crippen MR) is 144 cm³/mol. The molecule has 0 amide bonds. The van der Waals surface area contributed by atoms with E-state index in [4.69, 9.17) is 4.74 Å². The number of hydrogen-bond acceptors (Lipinski definition) is 7. The number of nitrogens with zero attached hydrogens (tertiary/aromatic N) is 2. The van der Waals surface area contributed by atoms with E-state index in [9.17, 15) is 18.3 Å². The second kappa shape index (κ2) is 10.2. The van der Waals surface area contributed by atoms with Gasteiger partial charge in [0.2, 0.25) is 5.88 Å². The molecule has 0 bridgehead atoms. The molecule has 2 aliphatic rings. The SMILES string of the molecule is O=c1[nH]c(O)cn1Cc1cnc(-c2ccc(C(CC3CCOCC3)c3ccc(S(=O)(=O)C4CC4)cc3)[nH]2)s1. The molecule has 38 heavy (non-hydrogen) atoms. The van der Waals surface area contributed by atoms with E-state index in [0.29, 0.717) is 17.4 Å². The first kappa shape index (κ1) is 25.1. The molecule has 1 aromatic carbocycles. The number of aromatic hydroxyl groups is 1. The van der Waals surface area contributed by atoms with Gasteiger partial charge < -0.3 is 14.8 Å². The molecular weight excluding hydrogens is 524 g/mol. The lowest BCUT2D eigenvalue weighted by molar-refractivity contribution is 0.0626. The van der Waals surface area contributed by atoms with Crippen LogP contribution in [0.3, 0.4) is 0 Å². The van der Waals surface area contributed by atoms with E-state index < -0.39 is 9.84 Å². The van der Waals surface area contributed by atoms with E-state index in [-0.39, 0.29) is 22.7 Å². The van der Waals surface area contributed by atoms with Crippen LogP contribution in [0.5, 0.6) is 5.88 Å². The van der Waals surface area contributed by atoms with Crippen molar-refractivity contribution in [3.05, 3.63) is 75.4 Å².